The van der Waals surface area contributed by atoms with E-state index < -0.39 is 0 Å². The zero-order chi connectivity index (χ0) is 14.7. The van der Waals surface area contributed by atoms with Crippen LogP contribution in [0.4, 0.5) is 5.69 Å². The molecule has 0 atom stereocenters. The van der Waals surface area contributed by atoms with E-state index in [0.29, 0.717) is 5.56 Å². The molecule has 1 aromatic heterocycles. The molecule has 0 aliphatic heterocycles. The van der Waals surface area contributed by atoms with E-state index in [9.17, 15) is 4.79 Å². The summed E-state index contributed by atoms with van der Waals surface area (Å²) in [6, 6.07) is 17.1. The maximum Gasteiger partial charge on any atom is 0.255 e. The molecule has 0 fully saturated rings. The summed E-state index contributed by atoms with van der Waals surface area (Å²) in [5.41, 5.74) is 4.40. The zero-order valence-corrected chi connectivity index (χ0v) is 11.6. The highest BCUT2D eigenvalue weighted by Crippen LogP contribution is 2.19. The van der Waals surface area contributed by atoms with Crippen molar-refractivity contribution >= 4 is 11.6 Å². The molecule has 4 nitrogen and oxygen atoms in total. The highest BCUT2D eigenvalue weighted by atomic mass is 16.1. The van der Waals surface area contributed by atoms with Gasteiger partial charge in [0.25, 0.3) is 5.91 Å². The van der Waals surface area contributed by atoms with E-state index in [1.165, 1.54) is 0 Å². The number of H-pyrrole nitrogens is 1. The average Bonchev–Trinajstić information content (AvgIpc) is 3.02. The molecule has 0 saturated carbocycles. The predicted molar refractivity (Wildman–Crippen MR) is 83.2 cm³/mol. The van der Waals surface area contributed by atoms with Gasteiger partial charge in [0.2, 0.25) is 0 Å². The molecule has 4 heteroatoms. The number of aryl methyl sites for hydroxylation is 1. The summed E-state index contributed by atoms with van der Waals surface area (Å²) >= 11 is 0. The number of hydrogen-bond donors (Lipinski definition) is 2. The lowest BCUT2D eigenvalue weighted by Crippen LogP contribution is -2.13. The van der Waals surface area contributed by atoms with Gasteiger partial charge in [-0.2, -0.15) is 5.10 Å². The Morgan fingerprint density at radius 1 is 1.05 bits per heavy atom. The van der Waals surface area contributed by atoms with Crippen LogP contribution < -0.4 is 5.32 Å². The van der Waals surface area contributed by atoms with Gasteiger partial charge in [0.15, 0.2) is 0 Å². The largest absolute Gasteiger partial charge is 0.322 e. The highest BCUT2D eigenvalue weighted by Gasteiger charge is 2.08. The summed E-state index contributed by atoms with van der Waals surface area (Å²) in [4.78, 5) is 12.2. The number of carbonyl (C=O) groups excluding carboxylic acids is 1. The van der Waals surface area contributed by atoms with Gasteiger partial charge in [-0.15, -0.1) is 0 Å². The van der Waals surface area contributed by atoms with Crippen molar-refractivity contribution < 1.29 is 4.79 Å². The fourth-order valence-electron chi connectivity index (χ4n) is 2.18. The number of carbonyl (C=O) groups is 1. The minimum Gasteiger partial charge on any atom is -0.322 e. The third-order valence-electron chi connectivity index (χ3n) is 3.34. The standard InChI is InChI=1S/C17H15N3O/c1-12-4-2-3-5-15(12)17(21)19-14-8-6-13(7-9-14)16-10-11-18-20-16/h2-11H,1H3,(H,18,20)(H,19,21). The number of benzene rings is 2. The van der Waals surface area contributed by atoms with Crippen LogP contribution in [0.1, 0.15) is 15.9 Å². The van der Waals surface area contributed by atoms with Crippen molar-refractivity contribution in [3.8, 4) is 11.3 Å². The van der Waals surface area contributed by atoms with Crippen molar-refractivity contribution in [2.45, 2.75) is 6.92 Å². The molecule has 0 unspecified atom stereocenters. The fourth-order valence-corrected chi connectivity index (χ4v) is 2.18. The number of nitrogens with one attached hydrogen (secondary N) is 2. The van der Waals surface area contributed by atoms with Crippen molar-refractivity contribution in [1.82, 2.24) is 10.2 Å². The minimum absolute atomic E-state index is 0.0950. The Morgan fingerprint density at radius 3 is 2.48 bits per heavy atom. The van der Waals surface area contributed by atoms with Crippen LogP contribution in [0.15, 0.2) is 60.8 Å². The normalized spacial score (nSPS) is 10.3. The van der Waals surface area contributed by atoms with Crippen LogP contribution in [0.25, 0.3) is 11.3 Å². The van der Waals surface area contributed by atoms with Crippen molar-refractivity contribution in [2.24, 2.45) is 0 Å². The van der Waals surface area contributed by atoms with Gasteiger partial charge in [-0.25, -0.2) is 0 Å². The van der Waals surface area contributed by atoms with Crippen molar-refractivity contribution in [1.29, 1.82) is 0 Å². The van der Waals surface area contributed by atoms with Crippen LogP contribution in [-0.2, 0) is 0 Å². The first-order valence-corrected chi connectivity index (χ1v) is 6.71. The number of amides is 1. The molecule has 104 valence electrons. The van der Waals surface area contributed by atoms with Gasteiger partial charge in [0.1, 0.15) is 0 Å². The Bertz CT molecular complexity index is 746. The van der Waals surface area contributed by atoms with Gasteiger partial charge in [0, 0.05) is 17.4 Å². The third-order valence-corrected chi connectivity index (χ3v) is 3.34. The van der Waals surface area contributed by atoms with Gasteiger partial charge in [0.05, 0.1) is 5.69 Å². The Labute approximate surface area is 122 Å². The molecular weight excluding hydrogens is 262 g/mol. The molecule has 0 radical (unpaired) electrons. The SMILES string of the molecule is Cc1ccccc1C(=O)Nc1ccc(-c2ccn[nH]2)cc1. The van der Waals surface area contributed by atoms with Crippen LogP contribution in [0.5, 0.6) is 0 Å². The maximum absolute atomic E-state index is 12.2. The molecule has 3 aromatic rings. The Kier molecular flexibility index (Phi) is 3.51. The van der Waals surface area contributed by atoms with E-state index in [2.05, 4.69) is 15.5 Å². The molecule has 1 amide bonds. The van der Waals surface area contributed by atoms with Crippen molar-refractivity contribution in [3.05, 3.63) is 71.9 Å². The van der Waals surface area contributed by atoms with Gasteiger partial charge in [-0.1, -0.05) is 30.3 Å². The fraction of sp³-hybridized carbons (Fsp3) is 0.0588. The maximum atomic E-state index is 12.2. The molecule has 0 bridgehead atoms. The van der Waals surface area contributed by atoms with Crippen LogP contribution in [-0.4, -0.2) is 16.1 Å². The van der Waals surface area contributed by atoms with Crippen LogP contribution >= 0.6 is 0 Å². The lowest BCUT2D eigenvalue weighted by Gasteiger charge is -2.08. The summed E-state index contributed by atoms with van der Waals surface area (Å²) < 4.78 is 0. The van der Waals surface area contributed by atoms with E-state index >= 15 is 0 Å². The summed E-state index contributed by atoms with van der Waals surface area (Å²) in [5, 5.41) is 9.74. The lowest BCUT2D eigenvalue weighted by molar-refractivity contribution is 0.102. The van der Waals surface area contributed by atoms with Crippen molar-refractivity contribution in [2.75, 3.05) is 5.32 Å². The molecule has 0 saturated heterocycles. The first-order chi connectivity index (χ1) is 10.2. The Balaban J connectivity index is 1.77. The zero-order valence-electron chi connectivity index (χ0n) is 11.6. The third kappa shape index (κ3) is 2.84. The predicted octanol–water partition coefficient (Wildman–Crippen LogP) is 3.64. The lowest BCUT2D eigenvalue weighted by atomic mass is 10.1. The second-order valence-electron chi connectivity index (χ2n) is 4.82. The Morgan fingerprint density at radius 2 is 1.81 bits per heavy atom. The molecule has 1 heterocycles. The smallest absolute Gasteiger partial charge is 0.255 e. The van der Waals surface area contributed by atoms with Gasteiger partial charge >= 0.3 is 0 Å². The molecule has 0 aliphatic carbocycles. The minimum atomic E-state index is -0.0950. The highest BCUT2D eigenvalue weighted by molar-refractivity contribution is 6.05. The van der Waals surface area contributed by atoms with Gasteiger partial charge < -0.3 is 5.32 Å². The molecule has 0 spiro atoms. The summed E-state index contributed by atoms with van der Waals surface area (Å²) in [6.07, 6.45) is 1.71. The summed E-state index contributed by atoms with van der Waals surface area (Å²) in [7, 11) is 0. The average molecular weight is 277 g/mol. The monoisotopic (exact) mass is 277 g/mol. The van der Waals surface area contributed by atoms with Gasteiger partial charge in [-0.3, -0.25) is 9.89 Å². The number of nitrogens with zero attached hydrogens (tertiary/aromatic N) is 1. The van der Waals surface area contributed by atoms with Crippen LogP contribution in [0.3, 0.4) is 0 Å². The molecule has 2 N–H and O–H groups in total. The van der Waals surface area contributed by atoms with E-state index in [0.717, 1.165) is 22.5 Å². The molecule has 0 aliphatic rings. The molecule has 3 rings (SSSR count). The van der Waals surface area contributed by atoms with E-state index in [1.807, 2.05) is 61.5 Å². The molecule has 21 heavy (non-hydrogen) atoms. The van der Waals surface area contributed by atoms with E-state index in [-0.39, 0.29) is 5.91 Å². The van der Waals surface area contributed by atoms with Crippen molar-refractivity contribution in [3.63, 3.8) is 0 Å². The second-order valence-corrected chi connectivity index (χ2v) is 4.82. The van der Waals surface area contributed by atoms with Crippen LogP contribution in [0.2, 0.25) is 0 Å². The molecular formula is C17H15N3O. The van der Waals surface area contributed by atoms with Crippen LogP contribution in [0, 0.1) is 6.92 Å². The quantitative estimate of drug-likeness (QED) is 0.768. The number of aromatic nitrogens is 2. The van der Waals surface area contributed by atoms with E-state index in [4.69, 9.17) is 0 Å². The number of anilines is 1. The number of hydrogen-bond acceptors (Lipinski definition) is 2. The number of rotatable bonds is 3. The summed E-state index contributed by atoms with van der Waals surface area (Å²) in [6.45, 7) is 1.93. The molecule has 2 aromatic carbocycles. The van der Waals surface area contributed by atoms with E-state index in [1.54, 1.807) is 6.20 Å². The number of aromatic amines is 1. The first kappa shape index (κ1) is 13.1. The second kappa shape index (κ2) is 5.63. The Hall–Kier alpha value is -2.88. The topological polar surface area (TPSA) is 57.8 Å². The first-order valence-electron chi connectivity index (χ1n) is 6.71. The van der Waals surface area contributed by atoms with Gasteiger partial charge in [-0.05, 0) is 42.3 Å². The summed E-state index contributed by atoms with van der Waals surface area (Å²) in [5.74, 6) is -0.0950.